The van der Waals surface area contributed by atoms with Crippen LogP contribution in [0.25, 0.3) is 0 Å². The van der Waals surface area contributed by atoms with E-state index in [1.165, 1.54) is 16.0 Å². The monoisotopic (exact) mass is 433 g/mol. The molecule has 1 saturated carbocycles. The molecule has 2 bridgehead atoms. The molecule has 0 aromatic heterocycles. The number of esters is 1. The second-order valence-electron chi connectivity index (χ2n) is 10.4. The zero-order chi connectivity index (χ0) is 22.6. The number of rotatable bonds is 4. The molecule has 0 unspecified atom stereocenters. The number of hydrogen-bond acceptors (Lipinski definition) is 3. The number of nitrogens with one attached hydrogen (secondary N) is 1. The highest BCUT2D eigenvalue weighted by Gasteiger charge is 2.76. The second kappa shape index (κ2) is 7.45. The van der Waals surface area contributed by atoms with Crippen LogP contribution < -0.4 is 4.90 Å². The van der Waals surface area contributed by atoms with E-state index in [1.807, 2.05) is 25.7 Å². The summed E-state index contributed by atoms with van der Waals surface area (Å²) in [5, 5.41) is 0. The van der Waals surface area contributed by atoms with Gasteiger partial charge < -0.3 is 14.5 Å². The van der Waals surface area contributed by atoms with Crippen molar-refractivity contribution in [3.05, 3.63) is 71.8 Å². The first-order valence-corrected chi connectivity index (χ1v) is 11.8. The molecule has 5 rings (SSSR count). The Morgan fingerprint density at radius 1 is 0.906 bits per heavy atom. The highest BCUT2D eigenvalue weighted by Crippen LogP contribution is 2.65. The molecule has 2 aromatic rings. The molecule has 1 N–H and O–H groups in total. The highest BCUT2D eigenvalue weighted by atomic mass is 16.6. The number of ether oxygens (including phenoxy) is 1. The van der Waals surface area contributed by atoms with Crippen LogP contribution in [0.1, 0.15) is 50.8 Å². The molecule has 2 aromatic carbocycles. The largest absolute Gasteiger partial charge is 0.448 e. The SMILES string of the molecule is CC1(C)[C@@]2(C)CC[C@]1(C(=O)N1CC[NH+](C(c3ccccc3)c3ccccc3)CC1)OC2=O. The smallest absolute Gasteiger partial charge is 0.313 e. The van der Waals surface area contributed by atoms with Gasteiger partial charge in [0.15, 0.2) is 5.60 Å². The molecule has 5 heteroatoms. The third-order valence-electron chi connectivity index (χ3n) is 8.80. The van der Waals surface area contributed by atoms with Gasteiger partial charge >= 0.3 is 5.97 Å². The van der Waals surface area contributed by atoms with Gasteiger partial charge in [0, 0.05) is 16.5 Å². The van der Waals surface area contributed by atoms with Crippen LogP contribution in [0.3, 0.4) is 0 Å². The molecular weight excluding hydrogens is 400 g/mol. The van der Waals surface area contributed by atoms with E-state index in [0.717, 1.165) is 19.5 Å². The molecule has 2 saturated heterocycles. The van der Waals surface area contributed by atoms with E-state index in [9.17, 15) is 9.59 Å². The van der Waals surface area contributed by atoms with E-state index in [2.05, 4.69) is 60.7 Å². The summed E-state index contributed by atoms with van der Waals surface area (Å²) in [5.74, 6) is -0.202. The number of carbonyl (C=O) groups is 2. The maximum absolute atomic E-state index is 13.7. The molecule has 1 amide bonds. The van der Waals surface area contributed by atoms with Crippen molar-refractivity contribution in [2.24, 2.45) is 10.8 Å². The molecule has 3 aliphatic rings. The molecule has 1 aliphatic carbocycles. The summed E-state index contributed by atoms with van der Waals surface area (Å²) >= 11 is 0. The van der Waals surface area contributed by atoms with Crippen LogP contribution in [-0.4, -0.2) is 48.6 Å². The van der Waals surface area contributed by atoms with Gasteiger partial charge in [0.05, 0.1) is 31.6 Å². The Labute approximate surface area is 190 Å². The normalized spacial score (nSPS) is 29.4. The molecular formula is C27H33N2O3+. The fourth-order valence-corrected chi connectivity index (χ4v) is 6.22. The van der Waals surface area contributed by atoms with Gasteiger partial charge in [-0.15, -0.1) is 0 Å². The lowest BCUT2D eigenvalue weighted by atomic mass is 9.66. The van der Waals surface area contributed by atoms with Crippen molar-refractivity contribution in [2.45, 2.75) is 45.3 Å². The molecule has 2 atom stereocenters. The van der Waals surface area contributed by atoms with Gasteiger partial charge in [-0.3, -0.25) is 9.59 Å². The third-order valence-corrected chi connectivity index (χ3v) is 8.80. The lowest BCUT2D eigenvalue weighted by Gasteiger charge is -2.42. The van der Waals surface area contributed by atoms with Crippen LogP contribution in [-0.2, 0) is 14.3 Å². The molecule has 2 aliphatic heterocycles. The number of carbonyl (C=O) groups excluding carboxylic acids is 2. The Bertz CT molecular complexity index is 974. The van der Waals surface area contributed by atoms with Crippen molar-refractivity contribution in [2.75, 3.05) is 26.2 Å². The molecule has 0 spiro atoms. The number of quaternary nitrogens is 1. The fourth-order valence-electron chi connectivity index (χ4n) is 6.22. The predicted molar refractivity (Wildman–Crippen MR) is 122 cm³/mol. The number of amides is 1. The van der Waals surface area contributed by atoms with E-state index >= 15 is 0 Å². The summed E-state index contributed by atoms with van der Waals surface area (Å²) in [6.07, 6.45) is 1.35. The maximum atomic E-state index is 13.7. The minimum absolute atomic E-state index is 0.00657. The van der Waals surface area contributed by atoms with Crippen LogP contribution in [0.2, 0.25) is 0 Å². The van der Waals surface area contributed by atoms with Crippen LogP contribution in [0, 0.1) is 10.8 Å². The summed E-state index contributed by atoms with van der Waals surface area (Å²) in [6.45, 7) is 9.11. The zero-order valence-electron chi connectivity index (χ0n) is 19.3. The van der Waals surface area contributed by atoms with Gasteiger partial charge in [0.1, 0.15) is 6.04 Å². The van der Waals surface area contributed by atoms with Crippen molar-refractivity contribution in [1.82, 2.24) is 4.90 Å². The maximum Gasteiger partial charge on any atom is 0.313 e. The molecule has 0 radical (unpaired) electrons. The molecule has 2 heterocycles. The zero-order valence-corrected chi connectivity index (χ0v) is 19.3. The van der Waals surface area contributed by atoms with Crippen molar-refractivity contribution in [1.29, 1.82) is 0 Å². The Hall–Kier alpha value is -2.66. The van der Waals surface area contributed by atoms with E-state index in [1.54, 1.807) is 0 Å². The number of nitrogens with zero attached hydrogens (tertiary/aromatic N) is 1. The summed E-state index contributed by atoms with van der Waals surface area (Å²) in [6, 6.07) is 21.5. The Kier molecular flexibility index (Phi) is 4.93. The van der Waals surface area contributed by atoms with E-state index < -0.39 is 16.4 Å². The fraction of sp³-hybridized carbons (Fsp3) is 0.481. The number of fused-ring (bicyclic) bond motifs is 2. The number of hydrogen-bond donors (Lipinski definition) is 1. The Morgan fingerprint density at radius 3 is 1.88 bits per heavy atom. The molecule has 5 nitrogen and oxygen atoms in total. The lowest BCUT2D eigenvalue weighted by molar-refractivity contribution is -0.929. The van der Waals surface area contributed by atoms with Crippen LogP contribution in [0.15, 0.2) is 60.7 Å². The predicted octanol–water partition coefficient (Wildman–Crippen LogP) is 2.63. The minimum atomic E-state index is -1.01. The quantitative estimate of drug-likeness (QED) is 0.755. The van der Waals surface area contributed by atoms with Crippen molar-refractivity contribution >= 4 is 11.9 Å². The standard InChI is InChI=1S/C27H32N2O3/c1-25(2)26(3)14-15-27(25,32-24(26)31)23(30)29-18-16-28(17-19-29)22(20-10-6-4-7-11-20)21-12-8-5-9-13-21/h4-13,22H,14-19H2,1-3H3/p+1/t26-,27+/m0/s1. The summed E-state index contributed by atoms with van der Waals surface area (Å²) in [7, 11) is 0. The van der Waals surface area contributed by atoms with Crippen molar-refractivity contribution < 1.29 is 19.2 Å². The second-order valence-corrected chi connectivity index (χ2v) is 10.4. The van der Waals surface area contributed by atoms with Gasteiger partial charge in [-0.05, 0) is 19.8 Å². The highest BCUT2D eigenvalue weighted by molar-refractivity contribution is 5.96. The first kappa shape index (κ1) is 21.2. The Morgan fingerprint density at radius 2 is 1.44 bits per heavy atom. The molecule has 3 fully saturated rings. The van der Waals surface area contributed by atoms with Gasteiger partial charge in [0.2, 0.25) is 0 Å². The Balaban J connectivity index is 1.36. The third kappa shape index (κ3) is 2.87. The first-order chi connectivity index (χ1) is 15.3. The van der Waals surface area contributed by atoms with E-state index in [-0.39, 0.29) is 17.9 Å². The van der Waals surface area contributed by atoms with Gasteiger partial charge in [-0.2, -0.15) is 0 Å². The molecule has 32 heavy (non-hydrogen) atoms. The first-order valence-electron chi connectivity index (χ1n) is 11.8. The molecule has 168 valence electrons. The average molecular weight is 434 g/mol. The van der Waals surface area contributed by atoms with Crippen molar-refractivity contribution in [3.63, 3.8) is 0 Å². The van der Waals surface area contributed by atoms with Gasteiger partial charge in [-0.1, -0.05) is 74.5 Å². The minimum Gasteiger partial charge on any atom is -0.448 e. The van der Waals surface area contributed by atoms with E-state index in [0.29, 0.717) is 19.5 Å². The van der Waals surface area contributed by atoms with Gasteiger partial charge in [0.25, 0.3) is 5.91 Å². The summed E-state index contributed by atoms with van der Waals surface area (Å²) < 4.78 is 5.86. The summed E-state index contributed by atoms with van der Waals surface area (Å²) in [5.41, 5.74) is 0.527. The van der Waals surface area contributed by atoms with Crippen LogP contribution in [0.5, 0.6) is 0 Å². The van der Waals surface area contributed by atoms with Crippen molar-refractivity contribution in [3.8, 4) is 0 Å². The number of piperazine rings is 1. The summed E-state index contributed by atoms with van der Waals surface area (Å²) in [4.78, 5) is 29.8. The van der Waals surface area contributed by atoms with Crippen LogP contribution >= 0.6 is 0 Å². The van der Waals surface area contributed by atoms with Gasteiger partial charge in [-0.25, -0.2) is 0 Å². The van der Waals surface area contributed by atoms with E-state index in [4.69, 9.17) is 4.74 Å². The average Bonchev–Trinajstić information content (AvgIpc) is 3.11. The lowest BCUT2D eigenvalue weighted by Crippen LogP contribution is -3.15. The topological polar surface area (TPSA) is 51.1 Å². The number of benzene rings is 2. The van der Waals surface area contributed by atoms with Crippen LogP contribution in [0.4, 0.5) is 0 Å².